The van der Waals surface area contributed by atoms with Crippen LogP contribution in [0.2, 0.25) is 0 Å². The third-order valence-electron chi connectivity index (χ3n) is 3.90. The highest BCUT2D eigenvalue weighted by atomic mass is 16.5. The molecule has 1 aromatic heterocycles. The van der Waals surface area contributed by atoms with Crippen LogP contribution in [0.3, 0.4) is 0 Å². The van der Waals surface area contributed by atoms with Crippen molar-refractivity contribution >= 4 is 5.91 Å². The predicted octanol–water partition coefficient (Wildman–Crippen LogP) is 1.43. The van der Waals surface area contributed by atoms with E-state index in [9.17, 15) is 4.79 Å². The summed E-state index contributed by atoms with van der Waals surface area (Å²) in [7, 11) is 0. The van der Waals surface area contributed by atoms with Crippen LogP contribution in [0.25, 0.3) is 0 Å². The van der Waals surface area contributed by atoms with Crippen LogP contribution in [0.15, 0.2) is 10.9 Å². The lowest BCUT2D eigenvalue weighted by molar-refractivity contribution is -0.134. The van der Waals surface area contributed by atoms with Crippen LogP contribution in [0.4, 0.5) is 0 Å². The largest absolute Gasteiger partial charge is 0.343 e. The Hall–Kier alpha value is -1.39. The Kier molecular flexibility index (Phi) is 2.61. The van der Waals surface area contributed by atoms with Crippen LogP contribution >= 0.6 is 0 Å². The minimum atomic E-state index is 0.250. The zero-order valence-electron chi connectivity index (χ0n) is 10.0. The van der Waals surface area contributed by atoms with Crippen molar-refractivity contribution in [2.24, 2.45) is 11.8 Å². The van der Waals surface area contributed by atoms with E-state index in [1.54, 1.807) is 0 Å². The van der Waals surface area contributed by atoms with Crippen molar-refractivity contribution in [3.05, 3.63) is 12.2 Å². The van der Waals surface area contributed by atoms with E-state index in [4.69, 9.17) is 4.52 Å². The highest BCUT2D eigenvalue weighted by molar-refractivity contribution is 5.81. The van der Waals surface area contributed by atoms with Gasteiger partial charge in [0, 0.05) is 24.9 Å². The fourth-order valence-corrected chi connectivity index (χ4v) is 2.65. The summed E-state index contributed by atoms with van der Waals surface area (Å²) < 4.78 is 4.78. The molecule has 0 N–H and O–H groups in total. The number of hydrogen-bond donors (Lipinski definition) is 0. The average molecular weight is 235 g/mol. The van der Waals surface area contributed by atoms with E-state index in [0.717, 1.165) is 38.2 Å². The molecule has 2 aliphatic rings. The summed E-state index contributed by atoms with van der Waals surface area (Å²) in [6, 6.07) is 0. The van der Waals surface area contributed by atoms with Gasteiger partial charge >= 0.3 is 0 Å². The maximum atomic E-state index is 12.1. The molecule has 1 unspecified atom stereocenters. The Morgan fingerprint density at radius 3 is 3.06 bits per heavy atom. The SMILES string of the molecule is C[C@H]1C[C@@H]1C(=O)N1CCCC(c2ncon2)C1. The van der Waals surface area contributed by atoms with E-state index in [1.807, 2.05) is 4.90 Å². The van der Waals surface area contributed by atoms with Crippen LogP contribution in [0, 0.1) is 11.8 Å². The standard InChI is InChI=1S/C12H17N3O2/c1-8-5-10(8)12(16)15-4-2-3-9(6-15)11-13-7-17-14-11/h7-10H,2-6H2,1H3/t8-,9?,10-/m0/s1. The van der Waals surface area contributed by atoms with Gasteiger partial charge in [-0.3, -0.25) is 4.79 Å². The molecule has 1 aliphatic carbocycles. The van der Waals surface area contributed by atoms with Crippen molar-refractivity contribution in [2.75, 3.05) is 13.1 Å². The Balaban J connectivity index is 1.65. The molecule has 5 heteroatoms. The van der Waals surface area contributed by atoms with Gasteiger partial charge in [0.05, 0.1) is 0 Å². The Morgan fingerprint density at radius 2 is 2.41 bits per heavy atom. The van der Waals surface area contributed by atoms with E-state index < -0.39 is 0 Å². The summed E-state index contributed by atoms with van der Waals surface area (Å²) in [5.41, 5.74) is 0. The molecular weight excluding hydrogens is 218 g/mol. The van der Waals surface area contributed by atoms with E-state index in [1.165, 1.54) is 6.39 Å². The minimum Gasteiger partial charge on any atom is -0.343 e. The smallest absolute Gasteiger partial charge is 0.225 e. The zero-order chi connectivity index (χ0) is 11.8. The number of carbonyl (C=O) groups excluding carboxylic acids is 1. The fourth-order valence-electron chi connectivity index (χ4n) is 2.65. The summed E-state index contributed by atoms with van der Waals surface area (Å²) in [6.07, 6.45) is 4.50. The maximum Gasteiger partial charge on any atom is 0.225 e. The Bertz CT molecular complexity index is 404. The maximum absolute atomic E-state index is 12.1. The summed E-state index contributed by atoms with van der Waals surface area (Å²) in [6.45, 7) is 3.78. The van der Waals surface area contributed by atoms with E-state index in [-0.39, 0.29) is 11.8 Å². The van der Waals surface area contributed by atoms with Crippen molar-refractivity contribution in [3.8, 4) is 0 Å². The van der Waals surface area contributed by atoms with Gasteiger partial charge in [-0.15, -0.1) is 0 Å². The lowest BCUT2D eigenvalue weighted by atomic mass is 9.97. The van der Waals surface area contributed by atoms with Gasteiger partial charge in [-0.05, 0) is 25.2 Å². The van der Waals surface area contributed by atoms with Crippen LogP contribution in [-0.2, 0) is 4.79 Å². The lowest BCUT2D eigenvalue weighted by Crippen LogP contribution is -2.40. The van der Waals surface area contributed by atoms with Crippen LogP contribution in [0.1, 0.15) is 37.9 Å². The fraction of sp³-hybridized carbons (Fsp3) is 0.750. The molecule has 5 nitrogen and oxygen atoms in total. The molecule has 2 fully saturated rings. The van der Waals surface area contributed by atoms with Gasteiger partial charge in [-0.1, -0.05) is 12.1 Å². The quantitative estimate of drug-likeness (QED) is 0.778. The predicted molar refractivity (Wildman–Crippen MR) is 60.1 cm³/mol. The molecule has 2 heterocycles. The summed E-state index contributed by atoms with van der Waals surface area (Å²) >= 11 is 0. The Labute approximate surface area is 100 Å². The van der Waals surface area contributed by atoms with E-state index in [2.05, 4.69) is 17.1 Å². The van der Waals surface area contributed by atoms with Crippen molar-refractivity contribution < 1.29 is 9.32 Å². The van der Waals surface area contributed by atoms with Gasteiger partial charge in [0.15, 0.2) is 5.82 Å². The normalized spacial score (nSPS) is 32.5. The van der Waals surface area contributed by atoms with Crippen molar-refractivity contribution in [3.63, 3.8) is 0 Å². The molecule has 3 rings (SSSR count). The molecule has 92 valence electrons. The molecule has 3 atom stereocenters. The summed E-state index contributed by atoms with van der Waals surface area (Å²) in [5, 5.41) is 3.89. The average Bonchev–Trinajstić information content (AvgIpc) is 2.87. The zero-order valence-corrected chi connectivity index (χ0v) is 10.0. The number of hydrogen-bond acceptors (Lipinski definition) is 4. The number of nitrogens with zero attached hydrogens (tertiary/aromatic N) is 3. The van der Waals surface area contributed by atoms with E-state index >= 15 is 0 Å². The van der Waals surface area contributed by atoms with Crippen LogP contribution in [-0.4, -0.2) is 34.0 Å². The second-order valence-electron chi connectivity index (χ2n) is 5.23. The topological polar surface area (TPSA) is 59.2 Å². The van der Waals surface area contributed by atoms with Gasteiger partial charge in [-0.2, -0.15) is 4.98 Å². The molecule has 1 saturated carbocycles. The molecule has 0 aromatic carbocycles. The lowest BCUT2D eigenvalue weighted by Gasteiger charge is -2.31. The summed E-state index contributed by atoms with van der Waals surface area (Å²) in [5.74, 6) is 2.17. The molecule has 17 heavy (non-hydrogen) atoms. The number of rotatable bonds is 2. The van der Waals surface area contributed by atoms with Gasteiger partial charge < -0.3 is 9.42 Å². The van der Waals surface area contributed by atoms with Gasteiger partial charge in [0.1, 0.15) is 0 Å². The molecule has 0 spiro atoms. The van der Waals surface area contributed by atoms with Crippen molar-refractivity contribution in [2.45, 2.75) is 32.1 Å². The number of amides is 1. The van der Waals surface area contributed by atoms with Crippen LogP contribution in [0.5, 0.6) is 0 Å². The molecule has 0 radical (unpaired) electrons. The first-order valence-corrected chi connectivity index (χ1v) is 6.30. The molecule has 1 amide bonds. The Morgan fingerprint density at radius 1 is 1.59 bits per heavy atom. The number of likely N-dealkylation sites (tertiary alicyclic amines) is 1. The van der Waals surface area contributed by atoms with Crippen molar-refractivity contribution in [1.82, 2.24) is 15.0 Å². The van der Waals surface area contributed by atoms with Gasteiger partial charge in [0.25, 0.3) is 0 Å². The first-order valence-electron chi connectivity index (χ1n) is 6.30. The molecule has 1 aromatic rings. The van der Waals surface area contributed by atoms with Crippen LogP contribution < -0.4 is 0 Å². The monoisotopic (exact) mass is 235 g/mol. The van der Waals surface area contributed by atoms with Gasteiger partial charge in [-0.25, -0.2) is 0 Å². The molecular formula is C12H17N3O2. The molecule has 1 saturated heterocycles. The molecule has 0 bridgehead atoms. The second-order valence-corrected chi connectivity index (χ2v) is 5.23. The van der Waals surface area contributed by atoms with Gasteiger partial charge in [0.2, 0.25) is 12.3 Å². The highest BCUT2D eigenvalue weighted by Crippen LogP contribution is 2.40. The third-order valence-corrected chi connectivity index (χ3v) is 3.90. The number of carbonyl (C=O) groups is 1. The molecule has 1 aliphatic heterocycles. The van der Waals surface area contributed by atoms with Crippen molar-refractivity contribution in [1.29, 1.82) is 0 Å². The number of aromatic nitrogens is 2. The second kappa shape index (κ2) is 4.13. The third kappa shape index (κ3) is 2.06. The minimum absolute atomic E-state index is 0.250. The van der Waals surface area contributed by atoms with E-state index in [0.29, 0.717) is 11.8 Å². The summed E-state index contributed by atoms with van der Waals surface area (Å²) in [4.78, 5) is 18.2. The number of piperidine rings is 1. The first kappa shape index (κ1) is 10.7. The first-order chi connectivity index (χ1) is 8.25. The highest BCUT2D eigenvalue weighted by Gasteiger charge is 2.42.